The van der Waals surface area contributed by atoms with Crippen LogP contribution in [0.2, 0.25) is 5.02 Å². The number of benzene rings is 4. The van der Waals surface area contributed by atoms with Crippen molar-refractivity contribution in [3.8, 4) is 0 Å². The SMILES string of the molecule is CCC(=O)Cc1ccc2c(Cl)cc3cccc4ccc1c2c43. The van der Waals surface area contributed by atoms with Crippen LogP contribution < -0.4 is 0 Å². The molecular weight excluding hydrogens is 292 g/mol. The summed E-state index contributed by atoms with van der Waals surface area (Å²) in [6, 6.07) is 16.7. The summed E-state index contributed by atoms with van der Waals surface area (Å²) >= 11 is 6.48. The van der Waals surface area contributed by atoms with Gasteiger partial charge < -0.3 is 0 Å². The zero-order chi connectivity index (χ0) is 15.3. The minimum Gasteiger partial charge on any atom is -0.299 e. The van der Waals surface area contributed by atoms with E-state index in [1.54, 1.807) is 0 Å². The maximum Gasteiger partial charge on any atom is 0.137 e. The first-order valence-corrected chi connectivity index (χ1v) is 7.93. The molecule has 108 valence electrons. The average Bonchev–Trinajstić information content (AvgIpc) is 2.54. The number of ketones is 1. The van der Waals surface area contributed by atoms with Gasteiger partial charge in [-0.05, 0) is 38.6 Å². The Morgan fingerprint density at radius 2 is 1.73 bits per heavy atom. The van der Waals surface area contributed by atoms with Crippen molar-refractivity contribution in [2.75, 3.05) is 0 Å². The first-order valence-electron chi connectivity index (χ1n) is 7.55. The Bertz CT molecular complexity index is 1020. The third-order valence-electron chi connectivity index (χ3n) is 4.47. The monoisotopic (exact) mass is 306 g/mol. The number of carbonyl (C=O) groups excluding carboxylic acids is 1. The van der Waals surface area contributed by atoms with Crippen LogP contribution in [-0.4, -0.2) is 5.78 Å². The number of halogens is 1. The minimum atomic E-state index is 0.265. The zero-order valence-electron chi connectivity index (χ0n) is 12.3. The van der Waals surface area contributed by atoms with Crippen LogP contribution >= 0.6 is 11.6 Å². The molecule has 0 atom stereocenters. The molecule has 1 nitrogen and oxygen atoms in total. The second-order valence-corrected chi connectivity index (χ2v) is 6.17. The molecule has 0 saturated heterocycles. The molecule has 4 rings (SSSR count). The summed E-state index contributed by atoms with van der Waals surface area (Å²) in [6.07, 6.45) is 1.06. The molecule has 0 aromatic heterocycles. The molecule has 0 saturated carbocycles. The van der Waals surface area contributed by atoms with Crippen LogP contribution in [0.1, 0.15) is 18.9 Å². The Labute approximate surface area is 133 Å². The molecule has 0 amide bonds. The third kappa shape index (κ3) is 1.89. The molecule has 0 N–H and O–H groups in total. The molecule has 0 aliphatic rings. The van der Waals surface area contributed by atoms with Crippen LogP contribution in [0.3, 0.4) is 0 Å². The van der Waals surface area contributed by atoms with Crippen LogP contribution in [0.15, 0.2) is 48.5 Å². The highest BCUT2D eigenvalue weighted by Crippen LogP contribution is 2.39. The predicted molar refractivity (Wildman–Crippen MR) is 94.2 cm³/mol. The smallest absolute Gasteiger partial charge is 0.137 e. The Balaban J connectivity index is 2.16. The number of hydrogen-bond donors (Lipinski definition) is 0. The summed E-state index contributed by atoms with van der Waals surface area (Å²) in [5, 5.41) is 7.76. The second kappa shape index (κ2) is 4.96. The molecule has 0 radical (unpaired) electrons. The quantitative estimate of drug-likeness (QED) is 0.440. The van der Waals surface area contributed by atoms with Gasteiger partial charge >= 0.3 is 0 Å². The Kier molecular flexibility index (Phi) is 3.05. The van der Waals surface area contributed by atoms with Gasteiger partial charge in [0.05, 0.1) is 0 Å². The van der Waals surface area contributed by atoms with Crippen molar-refractivity contribution in [1.82, 2.24) is 0 Å². The van der Waals surface area contributed by atoms with E-state index in [0.717, 1.165) is 26.7 Å². The van der Waals surface area contributed by atoms with E-state index in [1.165, 1.54) is 16.2 Å². The highest BCUT2D eigenvalue weighted by Gasteiger charge is 2.14. The first-order chi connectivity index (χ1) is 10.7. The molecule has 0 aliphatic heterocycles. The predicted octanol–water partition coefficient (Wildman–Crippen LogP) is 5.76. The molecule has 2 heteroatoms. The van der Waals surface area contributed by atoms with Gasteiger partial charge in [0.25, 0.3) is 0 Å². The van der Waals surface area contributed by atoms with Crippen molar-refractivity contribution in [1.29, 1.82) is 0 Å². The molecule has 0 unspecified atom stereocenters. The first kappa shape index (κ1) is 13.5. The van der Waals surface area contributed by atoms with Crippen LogP contribution in [-0.2, 0) is 11.2 Å². The summed E-state index contributed by atoms with van der Waals surface area (Å²) in [6.45, 7) is 1.91. The maximum absolute atomic E-state index is 11.9. The van der Waals surface area contributed by atoms with Gasteiger partial charge in [-0.25, -0.2) is 0 Å². The second-order valence-electron chi connectivity index (χ2n) is 5.77. The Morgan fingerprint density at radius 1 is 0.955 bits per heavy atom. The number of Topliss-reactive ketones (excluding diaryl/α,β-unsaturated/α-hetero) is 1. The van der Waals surface area contributed by atoms with Crippen molar-refractivity contribution < 1.29 is 4.79 Å². The normalized spacial score (nSPS) is 11.7. The molecule has 4 aromatic carbocycles. The fraction of sp³-hybridized carbons (Fsp3) is 0.150. The Morgan fingerprint density at radius 3 is 2.55 bits per heavy atom. The minimum absolute atomic E-state index is 0.265. The average molecular weight is 307 g/mol. The highest BCUT2D eigenvalue weighted by molar-refractivity contribution is 6.40. The van der Waals surface area contributed by atoms with Crippen molar-refractivity contribution in [3.63, 3.8) is 0 Å². The Hall–Kier alpha value is -2.12. The van der Waals surface area contributed by atoms with E-state index in [2.05, 4.69) is 36.4 Å². The van der Waals surface area contributed by atoms with Crippen LogP contribution in [0.4, 0.5) is 0 Å². The molecule has 0 spiro atoms. The van der Waals surface area contributed by atoms with Gasteiger partial charge in [0, 0.05) is 23.3 Å². The largest absolute Gasteiger partial charge is 0.299 e. The van der Waals surface area contributed by atoms with Gasteiger partial charge in [0.15, 0.2) is 0 Å². The molecule has 4 aromatic rings. The topological polar surface area (TPSA) is 17.1 Å². The van der Waals surface area contributed by atoms with E-state index in [1.807, 2.05) is 19.1 Å². The molecule has 0 fully saturated rings. The molecule has 0 bridgehead atoms. The van der Waals surface area contributed by atoms with E-state index in [-0.39, 0.29) is 5.78 Å². The fourth-order valence-electron chi connectivity index (χ4n) is 3.34. The van der Waals surface area contributed by atoms with E-state index in [4.69, 9.17) is 11.6 Å². The van der Waals surface area contributed by atoms with Gasteiger partial charge in [-0.15, -0.1) is 0 Å². The molecule has 0 aliphatic carbocycles. The van der Waals surface area contributed by atoms with E-state index >= 15 is 0 Å². The summed E-state index contributed by atoms with van der Waals surface area (Å²) in [7, 11) is 0. The van der Waals surface area contributed by atoms with Crippen molar-refractivity contribution in [2.24, 2.45) is 0 Å². The lowest BCUT2D eigenvalue weighted by atomic mass is 9.90. The number of hydrogen-bond acceptors (Lipinski definition) is 1. The van der Waals surface area contributed by atoms with Gasteiger partial charge in [-0.2, -0.15) is 0 Å². The number of carbonyl (C=O) groups is 1. The van der Waals surface area contributed by atoms with E-state index in [9.17, 15) is 4.79 Å². The van der Waals surface area contributed by atoms with Crippen molar-refractivity contribution >= 4 is 49.7 Å². The van der Waals surface area contributed by atoms with Crippen molar-refractivity contribution in [3.05, 3.63) is 59.1 Å². The van der Waals surface area contributed by atoms with Gasteiger partial charge in [-0.1, -0.05) is 61.0 Å². The molecule has 0 heterocycles. The van der Waals surface area contributed by atoms with Crippen LogP contribution in [0.5, 0.6) is 0 Å². The van der Waals surface area contributed by atoms with Crippen molar-refractivity contribution in [2.45, 2.75) is 19.8 Å². The van der Waals surface area contributed by atoms with E-state index in [0.29, 0.717) is 12.8 Å². The zero-order valence-corrected chi connectivity index (χ0v) is 13.1. The lowest BCUT2D eigenvalue weighted by molar-refractivity contribution is -0.118. The number of rotatable bonds is 3. The third-order valence-corrected chi connectivity index (χ3v) is 4.78. The lowest BCUT2D eigenvalue weighted by Gasteiger charge is -2.14. The van der Waals surface area contributed by atoms with Gasteiger partial charge in [0.1, 0.15) is 5.78 Å². The summed E-state index contributed by atoms with van der Waals surface area (Å²) in [4.78, 5) is 11.9. The molecule has 22 heavy (non-hydrogen) atoms. The highest BCUT2D eigenvalue weighted by atomic mass is 35.5. The summed E-state index contributed by atoms with van der Waals surface area (Å²) in [5.74, 6) is 0.265. The van der Waals surface area contributed by atoms with Crippen LogP contribution in [0, 0.1) is 0 Å². The summed E-state index contributed by atoms with van der Waals surface area (Å²) < 4.78 is 0. The fourth-order valence-corrected chi connectivity index (χ4v) is 3.61. The summed E-state index contributed by atoms with van der Waals surface area (Å²) in [5.41, 5.74) is 1.09. The van der Waals surface area contributed by atoms with Gasteiger partial charge in [-0.3, -0.25) is 4.79 Å². The molecular formula is C20H15ClO. The van der Waals surface area contributed by atoms with Crippen LogP contribution in [0.25, 0.3) is 32.3 Å². The maximum atomic E-state index is 11.9. The van der Waals surface area contributed by atoms with E-state index < -0.39 is 0 Å². The lowest BCUT2D eigenvalue weighted by Crippen LogP contribution is -2.01. The standard InChI is InChI=1S/C20H15ClO/c1-2-15(22)10-13-7-9-17-18(21)11-14-5-3-4-12-6-8-16(13)20(17)19(12)14/h3-9,11H,2,10H2,1H3. The van der Waals surface area contributed by atoms with Gasteiger partial charge in [0.2, 0.25) is 0 Å².